The summed E-state index contributed by atoms with van der Waals surface area (Å²) in [4.78, 5) is 0. The maximum Gasteiger partial charge on any atom is 0.166 e. The van der Waals surface area contributed by atoms with E-state index in [1.54, 1.807) is 18.2 Å². The first kappa shape index (κ1) is 15.4. The molecule has 0 bridgehead atoms. The average molecular weight is 377 g/mol. The Morgan fingerprint density at radius 2 is 1.32 bits per heavy atom. The normalized spacial score (nSPS) is 10.6. The number of hydrogen-bond donors (Lipinski definition) is 0. The SMILES string of the molecule is Clc1ccc(Oc2c(Cl)cc(Cl)c(Cl)c2Cl)cc1Cl. The summed E-state index contributed by atoms with van der Waals surface area (Å²) in [6, 6.07) is 6.21. The quantitative estimate of drug-likeness (QED) is 0.392. The molecule has 0 aliphatic heterocycles. The van der Waals surface area contributed by atoms with E-state index in [0.717, 1.165) is 0 Å². The van der Waals surface area contributed by atoms with Crippen molar-refractivity contribution >= 4 is 69.6 Å². The molecule has 100 valence electrons. The lowest BCUT2D eigenvalue weighted by atomic mass is 10.3. The number of benzene rings is 2. The molecule has 1 nitrogen and oxygen atoms in total. The summed E-state index contributed by atoms with van der Waals surface area (Å²) >= 11 is 35.5. The minimum absolute atomic E-state index is 0.130. The molecule has 0 aliphatic rings. The fourth-order valence-electron chi connectivity index (χ4n) is 1.30. The average Bonchev–Trinajstić information content (AvgIpc) is 2.36. The van der Waals surface area contributed by atoms with Gasteiger partial charge < -0.3 is 4.74 Å². The van der Waals surface area contributed by atoms with Crippen molar-refractivity contribution in [2.24, 2.45) is 0 Å². The van der Waals surface area contributed by atoms with Crippen molar-refractivity contribution in [1.29, 1.82) is 0 Å². The Bertz CT molecular complexity index is 641. The van der Waals surface area contributed by atoms with E-state index in [1.807, 2.05) is 0 Å². The third-order valence-corrected chi connectivity index (χ3v) is 4.45. The van der Waals surface area contributed by atoms with Crippen LogP contribution in [0.5, 0.6) is 11.5 Å². The van der Waals surface area contributed by atoms with Crippen LogP contribution in [0.2, 0.25) is 30.1 Å². The molecular weight excluding hydrogens is 373 g/mol. The van der Waals surface area contributed by atoms with E-state index in [4.69, 9.17) is 74.3 Å². The molecule has 0 unspecified atom stereocenters. The first-order valence-electron chi connectivity index (χ1n) is 4.86. The van der Waals surface area contributed by atoms with Crippen LogP contribution in [-0.2, 0) is 0 Å². The fourth-order valence-corrected chi connectivity index (χ4v) is 2.57. The predicted octanol–water partition coefficient (Wildman–Crippen LogP) is 7.40. The maximum atomic E-state index is 6.04. The highest BCUT2D eigenvalue weighted by Crippen LogP contribution is 2.44. The second-order valence-electron chi connectivity index (χ2n) is 3.48. The van der Waals surface area contributed by atoms with E-state index in [0.29, 0.717) is 15.8 Å². The molecule has 0 saturated heterocycles. The monoisotopic (exact) mass is 374 g/mol. The number of halogens is 6. The lowest BCUT2D eigenvalue weighted by Crippen LogP contribution is -1.88. The first-order chi connectivity index (χ1) is 8.90. The Morgan fingerprint density at radius 3 is 1.95 bits per heavy atom. The Hall–Kier alpha value is -0.0200. The molecular formula is C12H4Cl6O. The summed E-state index contributed by atoms with van der Waals surface area (Å²) in [6.45, 7) is 0. The van der Waals surface area contributed by atoms with Crippen molar-refractivity contribution in [3.8, 4) is 11.5 Å². The molecule has 0 heterocycles. The molecule has 0 amide bonds. The van der Waals surface area contributed by atoms with Gasteiger partial charge in [0.25, 0.3) is 0 Å². The Morgan fingerprint density at radius 1 is 0.632 bits per heavy atom. The second kappa shape index (κ2) is 6.17. The summed E-state index contributed by atoms with van der Waals surface area (Å²) < 4.78 is 5.56. The fraction of sp³-hybridized carbons (Fsp3) is 0. The Balaban J connectivity index is 2.43. The van der Waals surface area contributed by atoms with Crippen LogP contribution in [0.25, 0.3) is 0 Å². The number of rotatable bonds is 2. The van der Waals surface area contributed by atoms with Crippen molar-refractivity contribution in [1.82, 2.24) is 0 Å². The molecule has 0 atom stereocenters. The highest BCUT2D eigenvalue weighted by Gasteiger charge is 2.16. The van der Waals surface area contributed by atoms with E-state index in [-0.39, 0.29) is 25.8 Å². The van der Waals surface area contributed by atoms with Crippen LogP contribution in [0.1, 0.15) is 0 Å². The molecule has 0 spiro atoms. The zero-order valence-electron chi connectivity index (χ0n) is 8.99. The van der Waals surface area contributed by atoms with Crippen LogP contribution in [0.4, 0.5) is 0 Å². The molecule has 0 aromatic heterocycles. The van der Waals surface area contributed by atoms with Gasteiger partial charge in [-0.05, 0) is 18.2 Å². The van der Waals surface area contributed by atoms with Gasteiger partial charge in [-0.25, -0.2) is 0 Å². The van der Waals surface area contributed by atoms with Crippen molar-refractivity contribution in [2.75, 3.05) is 0 Å². The molecule has 7 heteroatoms. The van der Waals surface area contributed by atoms with Gasteiger partial charge in [-0.2, -0.15) is 0 Å². The van der Waals surface area contributed by atoms with E-state index in [9.17, 15) is 0 Å². The highest BCUT2D eigenvalue weighted by atomic mass is 35.5. The van der Waals surface area contributed by atoms with Crippen LogP contribution >= 0.6 is 69.6 Å². The zero-order valence-corrected chi connectivity index (χ0v) is 13.5. The van der Waals surface area contributed by atoms with Crippen molar-refractivity contribution in [2.45, 2.75) is 0 Å². The minimum atomic E-state index is 0.130. The van der Waals surface area contributed by atoms with Gasteiger partial charge in [-0.1, -0.05) is 69.6 Å². The summed E-state index contributed by atoms with van der Waals surface area (Å²) in [7, 11) is 0. The third-order valence-electron chi connectivity index (χ3n) is 2.18. The highest BCUT2D eigenvalue weighted by molar-refractivity contribution is 6.50. The van der Waals surface area contributed by atoms with E-state index >= 15 is 0 Å². The molecule has 0 saturated carbocycles. The van der Waals surface area contributed by atoms with Crippen LogP contribution in [0.15, 0.2) is 24.3 Å². The largest absolute Gasteiger partial charge is 0.454 e. The number of ether oxygens (including phenoxy) is 1. The van der Waals surface area contributed by atoms with Crippen LogP contribution < -0.4 is 4.74 Å². The first-order valence-corrected chi connectivity index (χ1v) is 7.13. The van der Waals surface area contributed by atoms with Gasteiger partial charge >= 0.3 is 0 Å². The maximum absolute atomic E-state index is 6.04. The van der Waals surface area contributed by atoms with E-state index in [1.165, 1.54) is 6.07 Å². The van der Waals surface area contributed by atoms with Crippen molar-refractivity contribution in [3.63, 3.8) is 0 Å². The Labute approximate surface area is 139 Å². The van der Waals surface area contributed by atoms with Crippen LogP contribution in [-0.4, -0.2) is 0 Å². The van der Waals surface area contributed by atoms with Crippen molar-refractivity contribution in [3.05, 3.63) is 54.4 Å². The molecule has 0 radical (unpaired) electrons. The predicted molar refractivity (Wildman–Crippen MR) is 83.0 cm³/mol. The van der Waals surface area contributed by atoms with Gasteiger partial charge in [0.15, 0.2) is 5.75 Å². The van der Waals surface area contributed by atoms with Gasteiger partial charge in [-0.15, -0.1) is 0 Å². The molecule has 0 aliphatic carbocycles. The van der Waals surface area contributed by atoms with Gasteiger partial charge in [0, 0.05) is 6.07 Å². The summed E-state index contributed by atoms with van der Waals surface area (Å²) in [5.74, 6) is 0.632. The smallest absolute Gasteiger partial charge is 0.166 e. The summed E-state index contributed by atoms with van der Waals surface area (Å²) in [5, 5.41) is 1.56. The lowest BCUT2D eigenvalue weighted by molar-refractivity contribution is 0.483. The molecule has 0 fully saturated rings. The minimum Gasteiger partial charge on any atom is -0.454 e. The van der Waals surface area contributed by atoms with Crippen LogP contribution in [0.3, 0.4) is 0 Å². The summed E-state index contributed by atoms with van der Waals surface area (Å²) in [5.41, 5.74) is 0. The Kier molecular flexibility index (Phi) is 4.99. The molecule has 2 aromatic carbocycles. The second-order valence-corrected chi connectivity index (χ2v) is 5.86. The third kappa shape index (κ3) is 3.36. The topological polar surface area (TPSA) is 9.23 Å². The summed E-state index contributed by atoms with van der Waals surface area (Å²) in [6.07, 6.45) is 0. The van der Waals surface area contributed by atoms with Gasteiger partial charge in [-0.3, -0.25) is 0 Å². The van der Waals surface area contributed by atoms with E-state index < -0.39 is 0 Å². The molecule has 2 aromatic rings. The molecule has 0 N–H and O–H groups in total. The molecule has 2 rings (SSSR count). The van der Waals surface area contributed by atoms with Gasteiger partial charge in [0.2, 0.25) is 0 Å². The zero-order chi connectivity index (χ0) is 14.2. The van der Waals surface area contributed by atoms with Gasteiger partial charge in [0.05, 0.1) is 25.1 Å². The van der Waals surface area contributed by atoms with Gasteiger partial charge in [0.1, 0.15) is 10.8 Å². The van der Waals surface area contributed by atoms with Crippen molar-refractivity contribution < 1.29 is 4.74 Å². The standard InChI is InChI=1S/C12H4Cl6O/c13-6-2-1-5(3-7(6)14)19-12-9(16)4-8(15)10(17)11(12)18/h1-4H. The van der Waals surface area contributed by atoms with Crippen LogP contribution in [0, 0.1) is 0 Å². The molecule has 19 heavy (non-hydrogen) atoms. The lowest BCUT2D eigenvalue weighted by Gasteiger charge is -2.12. The van der Waals surface area contributed by atoms with E-state index in [2.05, 4.69) is 0 Å². The number of hydrogen-bond acceptors (Lipinski definition) is 1.